The van der Waals surface area contributed by atoms with E-state index in [1.54, 1.807) is 6.07 Å². The van der Waals surface area contributed by atoms with Gasteiger partial charge in [-0.05, 0) is 79.6 Å². The van der Waals surface area contributed by atoms with E-state index in [1.165, 1.54) is 12.8 Å². The summed E-state index contributed by atoms with van der Waals surface area (Å²) in [4.78, 5) is 0. The molecule has 0 aliphatic heterocycles. The van der Waals surface area contributed by atoms with Gasteiger partial charge in [-0.25, -0.2) is 0 Å². The predicted molar refractivity (Wildman–Crippen MR) is 147 cm³/mol. The molecule has 6 nitrogen and oxygen atoms in total. The molecular weight excluding hydrogens is 464 g/mol. The van der Waals surface area contributed by atoms with E-state index in [1.807, 2.05) is 48.5 Å². The minimum atomic E-state index is -0.0343. The number of rotatable bonds is 14. The highest BCUT2D eigenvalue weighted by molar-refractivity contribution is 5.51. The lowest BCUT2D eigenvalue weighted by atomic mass is 9.76. The predicted octanol–water partition coefficient (Wildman–Crippen LogP) is 5.65. The summed E-state index contributed by atoms with van der Waals surface area (Å²) in [5, 5.41) is 23.5. The van der Waals surface area contributed by atoms with Crippen LogP contribution >= 0.6 is 0 Å². The SMILES string of the molecule is NC1CCc2c(ccc(O)c2O)C1CCCCCCNCCOc1ccc(OCc2ccccc2)cc1. The molecule has 0 aromatic heterocycles. The molecule has 0 fully saturated rings. The van der Waals surface area contributed by atoms with Crippen molar-refractivity contribution in [2.45, 2.75) is 63.5 Å². The Morgan fingerprint density at radius 3 is 2.32 bits per heavy atom. The van der Waals surface area contributed by atoms with Gasteiger partial charge in [-0.15, -0.1) is 0 Å². The van der Waals surface area contributed by atoms with E-state index in [0.29, 0.717) is 13.2 Å². The third-order valence-electron chi connectivity index (χ3n) is 7.18. The first kappa shape index (κ1) is 26.8. The number of nitrogens with two attached hydrogens (primary N) is 1. The zero-order valence-electron chi connectivity index (χ0n) is 21.6. The van der Waals surface area contributed by atoms with E-state index in [0.717, 1.165) is 73.4 Å². The number of hydrogen-bond acceptors (Lipinski definition) is 6. The molecule has 0 spiro atoms. The highest BCUT2D eigenvalue weighted by atomic mass is 16.5. The molecule has 0 heterocycles. The first-order chi connectivity index (χ1) is 18.1. The number of aromatic hydroxyl groups is 2. The Labute approximate surface area is 220 Å². The third kappa shape index (κ3) is 7.88. The van der Waals surface area contributed by atoms with Gasteiger partial charge >= 0.3 is 0 Å². The number of phenols is 2. The van der Waals surface area contributed by atoms with Crippen molar-refractivity contribution < 1.29 is 19.7 Å². The first-order valence-electron chi connectivity index (χ1n) is 13.5. The smallest absolute Gasteiger partial charge is 0.160 e. The summed E-state index contributed by atoms with van der Waals surface area (Å²) in [6.07, 6.45) is 7.20. The molecule has 0 saturated heterocycles. The van der Waals surface area contributed by atoms with E-state index in [4.69, 9.17) is 15.2 Å². The number of fused-ring (bicyclic) bond motifs is 1. The van der Waals surface area contributed by atoms with E-state index >= 15 is 0 Å². The van der Waals surface area contributed by atoms with Crippen molar-refractivity contribution in [2.75, 3.05) is 19.7 Å². The Morgan fingerprint density at radius 1 is 0.811 bits per heavy atom. The molecular formula is C31H40N2O4. The standard InChI is InChI=1S/C31H40N2O4/c32-29-17-15-28-26(16-18-30(34)31(28)35)27(29)10-6-1-2-7-19-33-20-21-36-24-11-13-25(14-12-24)37-22-23-8-4-3-5-9-23/h3-5,8-9,11-14,16,18,27,29,33-35H,1-2,6-7,10,15,17,19-22,32H2. The lowest BCUT2D eigenvalue weighted by Gasteiger charge is -2.32. The number of nitrogens with one attached hydrogen (secondary N) is 1. The monoisotopic (exact) mass is 504 g/mol. The van der Waals surface area contributed by atoms with Crippen molar-refractivity contribution >= 4 is 0 Å². The fourth-order valence-corrected chi connectivity index (χ4v) is 5.07. The largest absolute Gasteiger partial charge is 0.504 e. The number of unbranched alkanes of at least 4 members (excludes halogenated alkanes) is 3. The number of hydrogen-bond donors (Lipinski definition) is 4. The van der Waals surface area contributed by atoms with Gasteiger partial charge in [0.1, 0.15) is 24.7 Å². The molecule has 198 valence electrons. The van der Waals surface area contributed by atoms with Crippen molar-refractivity contribution in [3.63, 3.8) is 0 Å². The Morgan fingerprint density at radius 2 is 1.54 bits per heavy atom. The molecule has 4 rings (SSSR count). The summed E-state index contributed by atoms with van der Waals surface area (Å²) in [6, 6.07) is 21.6. The second kappa shape index (κ2) is 13.9. The maximum Gasteiger partial charge on any atom is 0.160 e. The zero-order valence-corrected chi connectivity index (χ0v) is 21.6. The van der Waals surface area contributed by atoms with Crippen molar-refractivity contribution in [1.82, 2.24) is 5.32 Å². The van der Waals surface area contributed by atoms with Crippen LogP contribution in [0.1, 0.15) is 61.1 Å². The summed E-state index contributed by atoms with van der Waals surface area (Å²) in [6.45, 7) is 2.99. The van der Waals surface area contributed by atoms with Crippen LogP contribution in [-0.2, 0) is 13.0 Å². The van der Waals surface area contributed by atoms with Crippen LogP contribution in [0.25, 0.3) is 0 Å². The molecule has 5 N–H and O–H groups in total. The van der Waals surface area contributed by atoms with Crippen LogP contribution in [0.3, 0.4) is 0 Å². The molecule has 0 radical (unpaired) electrons. The second-order valence-electron chi connectivity index (χ2n) is 9.86. The minimum Gasteiger partial charge on any atom is -0.504 e. The average Bonchev–Trinajstić information content (AvgIpc) is 2.92. The van der Waals surface area contributed by atoms with Gasteiger partial charge in [0, 0.05) is 18.2 Å². The zero-order chi connectivity index (χ0) is 25.9. The van der Waals surface area contributed by atoms with Gasteiger partial charge in [0.15, 0.2) is 11.5 Å². The molecule has 6 heteroatoms. The molecule has 3 aromatic rings. The summed E-state index contributed by atoms with van der Waals surface area (Å²) < 4.78 is 11.6. The highest BCUT2D eigenvalue weighted by Gasteiger charge is 2.29. The lowest BCUT2D eigenvalue weighted by Crippen LogP contribution is -2.33. The van der Waals surface area contributed by atoms with E-state index in [2.05, 4.69) is 17.4 Å². The Bertz CT molecular complexity index is 1090. The molecule has 0 saturated carbocycles. The number of benzene rings is 3. The summed E-state index contributed by atoms with van der Waals surface area (Å²) in [5.74, 6) is 1.94. The number of ether oxygens (including phenoxy) is 2. The van der Waals surface area contributed by atoms with Crippen molar-refractivity contribution in [1.29, 1.82) is 0 Å². The van der Waals surface area contributed by atoms with E-state index in [-0.39, 0.29) is 23.5 Å². The van der Waals surface area contributed by atoms with Crippen molar-refractivity contribution in [3.05, 3.63) is 83.4 Å². The molecule has 3 aromatic carbocycles. The summed E-state index contributed by atoms with van der Waals surface area (Å²) in [5.41, 5.74) is 9.55. The van der Waals surface area contributed by atoms with Crippen LogP contribution in [0, 0.1) is 0 Å². The van der Waals surface area contributed by atoms with Crippen LogP contribution in [0.5, 0.6) is 23.0 Å². The fraction of sp³-hybridized carbons (Fsp3) is 0.419. The molecule has 37 heavy (non-hydrogen) atoms. The Hall–Kier alpha value is -3.22. The van der Waals surface area contributed by atoms with Crippen LogP contribution < -0.4 is 20.5 Å². The molecule has 2 unspecified atom stereocenters. The average molecular weight is 505 g/mol. The Balaban J connectivity index is 1.04. The maximum absolute atomic E-state index is 10.2. The topological polar surface area (TPSA) is 97.0 Å². The second-order valence-corrected chi connectivity index (χ2v) is 9.86. The van der Waals surface area contributed by atoms with Gasteiger partial charge in [0.2, 0.25) is 0 Å². The quantitative estimate of drug-likeness (QED) is 0.167. The minimum absolute atomic E-state index is 0.0343. The summed E-state index contributed by atoms with van der Waals surface area (Å²) >= 11 is 0. The van der Waals surface area contributed by atoms with Gasteiger partial charge in [0.05, 0.1) is 0 Å². The highest BCUT2D eigenvalue weighted by Crippen LogP contribution is 2.42. The summed E-state index contributed by atoms with van der Waals surface area (Å²) in [7, 11) is 0. The van der Waals surface area contributed by atoms with Gasteiger partial charge in [-0.2, -0.15) is 0 Å². The Kier molecular flexibility index (Phi) is 10.1. The molecule has 0 amide bonds. The molecule has 1 aliphatic carbocycles. The van der Waals surface area contributed by atoms with Gasteiger partial charge < -0.3 is 30.7 Å². The van der Waals surface area contributed by atoms with Gasteiger partial charge in [-0.3, -0.25) is 0 Å². The van der Waals surface area contributed by atoms with Crippen LogP contribution in [-0.4, -0.2) is 36.0 Å². The van der Waals surface area contributed by atoms with Gasteiger partial charge in [-0.1, -0.05) is 55.7 Å². The van der Waals surface area contributed by atoms with Gasteiger partial charge in [0.25, 0.3) is 0 Å². The fourth-order valence-electron chi connectivity index (χ4n) is 5.07. The van der Waals surface area contributed by atoms with Crippen LogP contribution in [0.4, 0.5) is 0 Å². The van der Waals surface area contributed by atoms with Crippen LogP contribution in [0.15, 0.2) is 66.7 Å². The van der Waals surface area contributed by atoms with E-state index < -0.39 is 0 Å². The van der Waals surface area contributed by atoms with Crippen molar-refractivity contribution in [3.8, 4) is 23.0 Å². The lowest BCUT2D eigenvalue weighted by molar-refractivity contribution is 0.300. The molecule has 2 atom stereocenters. The molecule has 1 aliphatic rings. The first-order valence-corrected chi connectivity index (χ1v) is 13.5. The number of phenolic OH excluding ortho intramolecular Hbond substituents is 2. The van der Waals surface area contributed by atoms with Crippen molar-refractivity contribution in [2.24, 2.45) is 5.73 Å². The van der Waals surface area contributed by atoms with Crippen LogP contribution in [0.2, 0.25) is 0 Å². The molecule has 0 bridgehead atoms. The maximum atomic E-state index is 10.2. The van der Waals surface area contributed by atoms with E-state index in [9.17, 15) is 10.2 Å². The third-order valence-corrected chi connectivity index (χ3v) is 7.18. The normalized spacial score (nSPS) is 16.8.